The SMILES string of the molecule is O=S(Cl)Oc1cccc(S(=O)(=O)Cl)c1. The highest BCUT2D eigenvalue weighted by molar-refractivity contribution is 8.13. The summed E-state index contributed by atoms with van der Waals surface area (Å²) in [5.41, 5.74) is 0. The lowest BCUT2D eigenvalue weighted by atomic mass is 10.3. The molecule has 0 aliphatic heterocycles. The van der Waals surface area contributed by atoms with Gasteiger partial charge in [-0.3, -0.25) is 0 Å². The molecule has 1 aromatic carbocycles. The Kier molecular flexibility index (Phi) is 3.77. The highest BCUT2D eigenvalue weighted by Gasteiger charge is 2.11. The topological polar surface area (TPSA) is 60.4 Å². The van der Waals surface area contributed by atoms with Gasteiger partial charge in [0.1, 0.15) is 5.75 Å². The Morgan fingerprint density at radius 1 is 1.36 bits per heavy atom. The van der Waals surface area contributed by atoms with Crippen molar-refractivity contribution in [3.8, 4) is 5.75 Å². The van der Waals surface area contributed by atoms with Crippen molar-refractivity contribution in [2.24, 2.45) is 0 Å². The average molecular weight is 275 g/mol. The van der Waals surface area contributed by atoms with Gasteiger partial charge in [-0.25, -0.2) is 8.42 Å². The maximum atomic E-state index is 10.9. The van der Waals surface area contributed by atoms with Crippen LogP contribution in [-0.4, -0.2) is 12.6 Å². The Hall–Kier alpha value is -0.300. The van der Waals surface area contributed by atoms with Gasteiger partial charge in [-0.2, -0.15) is 4.21 Å². The average Bonchev–Trinajstić information content (AvgIpc) is 2.01. The fourth-order valence-electron chi connectivity index (χ4n) is 0.753. The molecule has 0 heterocycles. The van der Waals surface area contributed by atoms with E-state index in [1.807, 2.05) is 0 Å². The van der Waals surface area contributed by atoms with Crippen LogP contribution in [0.3, 0.4) is 0 Å². The minimum absolute atomic E-state index is 0.0695. The lowest BCUT2D eigenvalue weighted by Gasteiger charge is -2.00. The number of benzene rings is 1. The molecule has 0 aliphatic rings. The first-order chi connectivity index (χ1) is 6.39. The van der Waals surface area contributed by atoms with Gasteiger partial charge in [-0.05, 0) is 12.1 Å². The molecule has 4 nitrogen and oxygen atoms in total. The first-order valence-corrected chi connectivity index (χ1v) is 7.42. The number of hydrogen-bond donors (Lipinski definition) is 0. The van der Waals surface area contributed by atoms with Gasteiger partial charge < -0.3 is 4.18 Å². The molecule has 0 saturated carbocycles. The van der Waals surface area contributed by atoms with E-state index in [-0.39, 0.29) is 10.6 Å². The summed E-state index contributed by atoms with van der Waals surface area (Å²) in [4.78, 5) is -0.140. The van der Waals surface area contributed by atoms with Crippen molar-refractivity contribution in [2.45, 2.75) is 4.90 Å². The van der Waals surface area contributed by atoms with Crippen LogP contribution >= 0.6 is 21.4 Å². The van der Waals surface area contributed by atoms with E-state index >= 15 is 0 Å². The van der Waals surface area contributed by atoms with Gasteiger partial charge in [-0.1, -0.05) is 6.07 Å². The van der Waals surface area contributed by atoms with E-state index in [0.717, 1.165) is 6.07 Å². The summed E-state index contributed by atoms with van der Waals surface area (Å²) in [6.07, 6.45) is 0. The Morgan fingerprint density at radius 3 is 2.50 bits per heavy atom. The van der Waals surface area contributed by atoms with Gasteiger partial charge in [0.05, 0.1) is 4.90 Å². The first-order valence-electron chi connectivity index (χ1n) is 3.20. The first kappa shape index (κ1) is 11.8. The lowest BCUT2D eigenvalue weighted by Crippen LogP contribution is -1.94. The largest absolute Gasteiger partial charge is 0.389 e. The normalized spacial score (nSPS) is 13.6. The van der Waals surface area contributed by atoms with Gasteiger partial charge in [0, 0.05) is 27.4 Å². The molecule has 0 aromatic heterocycles. The van der Waals surface area contributed by atoms with Crippen molar-refractivity contribution in [2.75, 3.05) is 0 Å². The highest BCUT2D eigenvalue weighted by atomic mass is 35.7. The van der Waals surface area contributed by atoms with Gasteiger partial charge in [-0.15, -0.1) is 0 Å². The predicted molar refractivity (Wildman–Crippen MR) is 54.1 cm³/mol. The lowest BCUT2D eigenvalue weighted by molar-refractivity contribution is 0.573. The molecular formula is C6H4Cl2O4S2. The van der Waals surface area contributed by atoms with Gasteiger partial charge in [0.25, 0.3) is 9.05 Å². The third-order valence-corrected chi connectivity index (χ3v) is 3.11. The van der Waals surface area contributed by atoms with E-state index in [0.29, 0.717) is 0 Å². The summed E-state index contributed by atoms with van der Waals surface area (Å²) in [5, 5.41) is 0. The van der Waals surface area contributed by atoms with E-state index < -0.39 is 19.3 Å². The minimum Gasteiger partial charge on any atom is -0.389 e. The summed E-state index contributed by atoms with van der Waals surface area (Å²) < 4.78 is 36.8. The molecule has 0 saturated heterocycles. The van der Waals surface area contributed by atoms with E-state index in [4.69, 9.17) is 21.4 Å². The molecule has 8 heteroatoms. The van der Waals surface area contributed by atoms with Crippen molar-refractivity contribution in [1.29, 1.82) is 0 Å². The maximum Gasteiger partial charge on any atom is 0.308 e. The van der Waals surface area contributed by atoms with Crippen molar-refractivity contribution >= 4 is 40.7 Å². The molecule has 0 spiro atoms. The van der Waals surface area contributed by atoms with Crippen molar-refractivity contribution in [3.05, 3.63) is 24.3 Å². The van der Waals surface area contributed by atoms with Crippen LogP contribution in [0.1, 0.15) is 0 Å². The van der Waals surface area contributed by atoms with Crippen molar-refractivity contribution in [3.63, 3.8) is 0 Å². The third-order valence-electron chi connectivity index (χ3n) is 1.25. The molecule has 0 aliphatic carbocycles. The molecule has 78 valence electrons. The fraction of sp³-hybridized carbons (Fsp3) is 0. The molecule has 14 heavy (non-hydrogen) atoms. The van der Waals surface area contributed by atoms with Gasteiger partial charge >= 0.3 is 10.3 Å². The second-order valence-electron chi connectivity index (χ2n) is 2.19. The van der Waals surface area contributed by atoms with Crippen LogP contribution in [0.5, 0.6) is 5.75 Å². The zero-order chi connectivity index (χ0) is 10.8. The monoisotopic (exact) mass is 274 g/mol. The predicted octanol–water partition coefficient (Wildman–Crippen LogP) is 1.81. The smallest absolute Gasteiger partial charge is 0.308 e. The van der Waals surface area contributed by atoms with Crippen LogP contribution in [0.4, 0.5) is 0 Å². The summed E-state index contributed by atoms with van der Waals surface area (Å²) in [7, 11) is 4.29. The second kappa shape index (κ2) is 4.48. The highest BCUT2D eigenvalue weighted by Crippen LogP contribution is 2.21. The van der Waals surface area contributed by atoms with E-state index in [9.17, 15) is 12.6 Å². The van der Waals surface area contributed by atoms with E-state index in [1.165, 1.54) is 18.2 Å². The standard InChI is InChI=1S/C6H4Cl2O4S2/c7-13(9)12-5-2-1-3-6(4-5)14(8,10)11/h1-4H. The van der Waals surface area contributed by atoms with Crippen LogP contribution in [-0.2, 0) is 19.3 Å². The van der Waals surface area contributed by atoms with Crippen LogP contribution in [0.2, 0.25) is 0 Å². The number of hydrogen-bond acceptors (Lipinski definition) is 4. The molecule has 0 N–H and O–H groups in total. The van der Waals surface area contributed by atoms with Crippen molar-refractivity contribution < 1.29 is 16.8 Å². The van der Waals surface area contributed by atoms with E-state index in [2.05, 4.69) is 4.18 Å². The van der Waals surface area contributed by atoms with Gasteiger partial charge in [0.15, 0.2) is 0 Å². The summed E-state index contributed by atoms with van der Waals surface area (Å²) in [6, 6.07) is 5.22. The summed E-state index contributed by atoms with van der Waals surface area (Å²) in [6.45, 7) is 0. The number of rotatable bonds is 3. The summed E-state index contributed by atoms with van der Waals surface area (Å²) in [5.74, 6) is 0.0695. The van der Waals surface area contributed by atoms with Crippen molar-refractivity contribution in [1.82, 2.24) is 0 Å². The Labute approximate surface area is 92.4 Å². The quantitative estimate of drug-likeness (QED) is 0.789. The van der Waals surface area contributed by atoms with Crippen LogP contribution in [0.25, 0.3) is 0 Å². The second-order valence-corrected chi connectivity index (χ2v) is 6.07. The zero-order valence-electron chi connectivity index (χ0n) is 6.51. The van der Waals surface area contributed by atoms with Crippen LogP contribution in [0.15, 0.2) is 29.2 Å². The third kappa shape index (κ3) is 3.45. The molecule has 1 aromatic rings. The molecule has 0 fully saturated rings. The molecule has 0 radical (unpaired) electrons. The molecule has 0 bridgehead atoms. The maximum absolute atomic E-state index is 10.9. The van der Waals surface area contributed by atoms with E-state index in [1.54, 1.807) is 0 Å². The molecule has 1 rings (SSSR count). The zero-order valence-corrected chi connectivity index (χ0v) is 9.66. The fourth-order valence-corrected chi connectivity index (χ4v) is 2.01. The van der Waals surface area contributed by atoms with Crippen LogP contribution < -0.4 is 4.18 Å². The Bertz CT molecular complexity index is 457. The minimum atomic E-state index is -3.81. The summed E-state index contributed by atoms with van der Waals surface area (Å²) >= 11 is 0. The Balaban J connectivity index is 3.08. The molecule has 1 unspecified atom stereocenters. The number of halogens is 2. The van der Waals surface area contributed by atoms with Crippen LogP contribution in [0, 0.1) is 0 Å². The van der Waals surface area contributed by atoms with Gasteiger partial charge in [0.2, 0.25) is 0 Å². The molecular weight excluding hydrogens is 271 g/mol. The Morgan fingerprint density at radius 2 is 2.00 bits per heavy atom. The molecule has 0 amide bonds. The molecule has 1 atom stereocenters.